The van der Waals surface area contributed by atoms with Crippen LogP contribution in [-0.2, 0) is 15.5 Å². The zero-order chi connectivity index (χ0) is 17.6. The van der Waals surface area contributed by atoms with Gasteiger partial charge in [-0.1, -0.05) is 6.07 Å². The Balaban J connectivity index is 2.20. The molecule has 1 aromatic carbocycles. The summed E-state index contributed by atoms with van der Waals surface area (Å²) in [5.41, 5.74) is -3.43. The van der Waals surface area contributed by atoms with Gasteiger partial charge in [0.25, 0.3) is 0 Å². The first kappa shape index (κ1) is 17.9. The maximum absolute atomic E-state index is 14.0. The molecule has 1 aromatic rings. The van der Waals surface area contributed by atoms with E-state index in [4.69, 9.17) is 9.31 Å². The van der Waals surface area contributed by atoms with Crippen molar-refractivity contribution in [1.29, 1.82) is 0 Å². The van der Waals surface area contributed by atoms with Crippen LogP contribution in [0, 0.1) is 5.82 Å². The van der Waals surface area contributed by atoms with Crippen molar-refractivity contribution < 1.29 is 31.7 Å². The molecule has 0 radical (unpaired) electrons. The monoisotopic (exact) mass is 332 g/mol. The van der Waals surface area contributed by atoms with Crippen LogP contribution in [0.3, 0.4) is 0 Å². The Morgan fingerprint density at radius 2 is 1.65 bits per heavy atom. The van der Waals surface area contributed by atoms with Crippen LogP contribution < -0.4 is 0 Å². The number of Topliss-reactive ketones (excluding diaryl/α,β-unsaturated/α-hetero) is 1. The summed E-state index contributed by atoms with van der Waals surface area (Å²) in [7, 11) is -0.929. The van der Waals surface area contributed by atoms with E-state index >= 15 is 0 Å². The summed E-state index contributed by atoms with van der Waals surface area (Å²) in [6.45, 7) is 7.12. The minimum absolute atomic E-state index is 0.356. The number of hydrogen-bond donors (Lipinski definition) is 0. The van der Waals surface area contributed by atoms with Gasteiger partial charge >= 0.3 is 13.3 Å². The van der Waals surface area contributed by atoms with E-state index in [0.29, 0.717) is 6.07 Å². The third-order valence-corrected chi connectivity index (χ3v) is 4.26. The number of ketones is 1. The smallest absolute Gasteiger partial charge is 0.403 e. The maximum Gasteiger partial charge on any atom is 0.465 e. The van der Waals surface area contributed by atoms with Gasteiger partial charge in [0, 0.05) is 6.32 Å². The van der Waals surface area contributed by atoms with Gasteiger partial charge in [-0.3, -0.25) is 4.79 Å². The quantitative estimate of drug-likeness (QED) is 0.475. The highest BCUT2D eigenvalue weighted by Crippen LogP contribution is 2.38. The summed E-state index contributed by atoms with van der Waals surface area (Å²) >= 11 is 0. The summed E-state index contributed by atoms with van der Waals surface area (Å²) < 4.78 is 63.3. The first-order valence-corrected chi connectivity index (χ1v) is 7.10. The Kier molecular flexibility index (Phi) is 4.36. The highest BCUT2D eigenvalue weighted by atomic mass is 19.4. The normalized spacial score (nSPS) is 19.9. The van der Waals surface area contributed by atoms with Crippen molar-refractivity contribution in [2.24, 2.45) is 0 Å². The van der Waals surface area contributed by atoms with Gasteiger partial charge in [0.15, 0.2) is 5.78 Å². The Morgan fingerprint density at radius 1 is 1.13 bits per heavy atom. The standard InChI is InChI=1S/C15H17BF4O3/c1-13(2)14(3,4)23-16(22-13)8-11(21)9-6-5-7-10(12(9)17)15(18,19)20/h5-7H,8H2,1-4H3. The number of halogens is 4. The molecular formula is C15H17BF4O3. The zero-order valence-corrected chi connectivity index (χ0v) is 13.3. The summed E-state index contributed by atoms with van der Waals surface area (Å²) in [6.07, 6.45) is -5.21. The van der Waals surface area contributed by atoms with Gasteiger partial charge < -0.3 is 9.31 Å². The van der Waals surface area contributed by atoms with E-state index in [1.165, 1.54) is 0 Å². The Bertz CT molecular complexity index is 610. The van der Waals surface area contributed by atoms with Crippen LogP contribution in [0.25, 0.3) is 0 Å². The average molecular weight is 332 g/mol. The molecule has 2 rings (SSSR count). The van der Waals surface area contributed by atoms with E-state index in [1.54, 1.807) is 27.7 Å². The summed E-state index contributed by atoms with van der Waals surface area (Å²) in [5.74, 6) is -2.37. The van der Waals surface area contributed by atoms with Crippen LogP contribution >= 0.6 is 0 Å². The van der Waals surface area contributed by atoms with Gasteiger partial charge in [0.05, 0.1) is 22.3 Å². The predicted octanol–water partition coefficient (Wildman–Crippen LogP) is 4.12. The third-order valence-electron chi connectivity index (χ3n) is 4.26. The zero-order valence-electron chi connectivity index (χ0n) is 13.3. The number of carbonyl (C=O) groups excluding carboxylic acids is 1. The van der Waals surface area contributed by atoms with Crippen LogP contribution in [-0.4, -0.2) is 24.1 Å². The van der Waals surface area contributed by atoms with Crippen LogP contribution in [0.4, 0.5) is 17.6 Å². The first-order valence-electron chi connectivity index (χ1n) is 7.10. The molecule has 8 heteroatoms. The Labute approximate surface area is 132 Å². The third kappa shape index (κ3) is 3.43. The molecule has 0 N–H and O–H groups in total. The number of hydrogen-bond acceptors (Lipinski definition) is 3. The highest BCUT2D eigenvalue weighted by Gasteiger charge is 2.51. The molecule has 0 bridgehead atoms. The summed E-state index contributed by atoms with van der Waals surface area (Å²) in [6, 6.07) is 2.63. The molecule has 0 atom stereocenters. The topological polar surface area (TPSA) is 35.5 Å². The molecule has 0 spiro atoms. The lowest BCUT2D eigenvalue weighted by molar-refractivity contribution is -0.140. The average Bonchev–Trinajstić information content (AvgIpc) is 2.55. The van der Waals surface area contributed by atoms with E-state index < -0.39 is 47.2 Å². The van der Waals surface area contributed by atoms with Crippen molar-refractivity contribution in [1.82, 2.24) is 0 Å². The van der Waals surface area contributed by atoms with Gasteiger partial charge in [-0.05, 0) is 39.8 Å². The molecule has 3 nitrogen and oxygen atoms in total. The predicted molar refractivity (Wildman–Crippen MR) is 76.6 cm³/mol. The van der Waals surface area contributed by atoms with Crippen molar-refractivity contribution in [3.05, 3.63) is 35.1 Å². The molecule has 0 amide bonds. The fourth-order valence-electron chi connectivity index (χ4n) is 2.28. The van der Waals surface area contributed by atoms with Gasteiger partial charge in [-0.15, -0.1) is 0 Å². The van der Waals surface area contributed by atoms with Crippen molar-refractivity contribution >= 4 is 12.9 Å². The highest BCUT2D eigenvalue weighted by molar-refractivity contribution is 6.51. The Morgan fingerprint density at radius 3 is 2.13 bits per heavy atom. The van der Waals surface area contributed by atoms with Crippen molar-refractivity contribution in [2.45, 2.75) is 51.4 Å². The molecule has 1 heterocycles. The molecule has 1 saturated heterocycles. The van der Waals surface area contributed by atoms with Crippen molar-refractivity contribution in [2.75, 3.05) is 0 Å². The van der Waals surface area contributed by atoms with E-state index in [-0.39, 0.29) is 6.32 Å². The van der Waals surface area contributed by atoms with Crippen molar-refractivity contribution in [3.8, 4) is 0 Å². The lowest BCUT2D eigenvalue weighted by Gasteiger charge is -2.32. The molecule has 0 saturated carbocycles. The van der Waals surface area contributed by atoms with E-state index in [0.717, 1.165) is 12.1 Å². The number of alkyl halides is 3. The largest absolute Gasteiger partial charge is 0.465 e. The number of benzene rings is 1. The molecule has 23 heavy (non-hydrogen) atoms. The summed E-state index contributed by atoms with van der Waals surface area (Å²) in [4.78, 5) is 12.2. The summed E-state index contributed by atoms with van der Waals surface area (Å²) in [5, 5.41) is 0. The lowest BCUT2D eigenvalue weighted by Crippen LogP contribution is -2.41. The maximum atomic E-state index is 14.0. The van der Waals surface area contributed by atoms with Gasteiger partial charge in [0.1, 0.15) is 5.82 Å². The SMILES string of the molecule is CC1(C)OB(CC(=O)c2cccc(C(F)(F)F)c2F)OC1(C)C. The molecule has 0 aromatic heterocycles. The van der Waals surface area contributed by atoms with Crippen molar-refractivity contribution in [3.63, 3.8) is 0 Å². The molecule has 0 aliphatic carbocycles. The molecule has 1 fully saturated rings. The van der Waals surface area contributed by atoms with Crippen LogP contribution in [0.5, 0.6) is 0 Å². The van der Waals surface area contributed by atoms with E-state index in [2.05, 4.69) is 0 Å². The second kappa shape index (κ2) is 5.59. The first-order chi connectivity index (χ1) is 10.3. The second-order valence-corrected chi connectivity index (χ2v) is 6.48. The second-order valence-electron chi connectivity index (χ2n) is 6.48. The van der Waals surface area contributed by atoms with Gasteiger partial charge in [-0.25, -0.2) is 4.39 Å². The van der Waals surface area contributed by atoms with Crippen LogP contribution in [0.15, 0.2) is 18.2 Å². The number of carbonyl (C=O) groups is 1. The molecule has 1 aliphatic heterocycles. The minimum Gasteiger partial charge on any atom is -0.403 e. The molecule has 0 unspecified atom stereocenters. The van der Waals surface area contributed by atoms with Crippen LogP contribution in [0.2, 0.25) is 6.32 Å². The van der Waals surface area contributed by atoms with Gasteiger partial charge in [-0.2, -0.15) is 13.2 Å². The molecule has 126 valence electrons. The minimum atomic E-state index is -4.86. The molecule has 1 aliphatic rings. The Hall–Kier alpha value is -1.41. The van der Waals surface area contributed by atoms with E-state index in [9.17, 15) is 22.4 Å². The van der Waals surface area contributed by atoms with E-state index in [1.807, 2.05) is 0 Å². The van der Waals surface area contributed by atoms with Crippen LogP contribution in [0.1, 0.15) is 43.6 Å². The lowest BCUT2D eigenvalue weighted by atomic mass is 9.80. The van der Waals surface area contributed by atoms with Gasteiger partial charge in [0.2, 0.25) is 0 Å². The fourth-order valence-corrected chi connectivity index (χ4v) is 2.28. The molecular weight excluding hydrogens is 315 g/mol. The fraction of sp³-hybridized carbons (Fsp3) is 0.533. The number of rotatable bonds is 3.